The first-order valence-electron chi connectivity index (χ1n) is 10.2. The van der Waals surface area contributed by atoms with Crippen molar-refractivity contribution in [2.24, 2.45) is 5.92 Å². The van der Waals surface area contributed by atoms with Crippen molar-refractivity contribution in [3.8, 4) is 0 Å². The van der Waals surface area contributed by atoms with E-state index in [1.54, 1.807) is 6.07 Å². The molecular weight excluding hydrogens is 408 g/mol. The highest BCUT2D eigenvalue weighted by Crippen LogP contribution is 2.24. The lowest BCUT2D eigenvalue weighted by atomic mass is 10.1. The minimum absolute atomic E-state index is 0.158. The molecule has 1 aromatic heterocycles. The first kappa shape index (κ1) is 22.2. The Bertz CT molecular complexity index is 1030. The van der Waals surface area contributed by atoms with E-state index in [0.717, 1.165) is 29.6 Å². The van der Waals surface area contributed by atoms with Crippen LogP contribution in [0.2, 0.25) is 5.02 Å². The molecule has 0 atom stereocenters. The Labute approximate surface area is 180 Å². The van der Waals surface area contributed by atoms with Crippen molar-refractivity contribution >= 4 is 28.5 Å². The molecule has 160 valence electrons. The van der Waals surface area contributed by atoms with Gasteiger partial charge >= 0.3 is 0 Å². The van der Waals surface area contributed by atoms with E-state index in [1.807, 2.05) is 30.5 Å². The summed E-state index contributed by atoms with van der Waals surface area (Å²) in [6.07, 6.45) is 1.58. The van der Waals surface area contributed by atoms with Crippen LogP contribution in [0.4, 0.5) is 8.78 Å². The molecule has 0 aliphatic carbocycles. The van der Waals surface area contributed by atoms with Gasteiger partial charge in [0.15, 0.2) is 0 Å². The molecule has 0 fully saturated rings. The molecule has 0 saturated carbocycles. The quantitative estimate of drug-likeness (QED) is 0.432. The molecular formula is C23H26ClF2N3O. The fraction of sp³-hybridized carbons (Fsp3) is 0.391. The molecule has 0 spiro atoms. The maximum Gasteiger partial charge on any atom is 0.260 e. The Morgan fingerprint density at radius 2 is 1.90 bits per heavy atom. The van der Waals surface area contributed by atoms with Gasteiger partial charge in [-0.05, 0) is 49.1 Å². The zero-order valence-electron chi connectivity index (χ0n) is 17.5. The second-order valence-electron chi connectivity index (χ2n) is 7.82. The van der Waals surface area contributed by atoms with Crippen LogP contribution < -0.4 is 0 Å². The standard InChI is InChI=1S/C23H26ClF2N3O/c1-4-11-29-20-13-16(24)8-9-19(20)27-21(29)14-28(12-10-15(2)3)23(30)22-17(25)6-5-7-18(22)26/h5-9,13,15H,4,10-12,14H2,1-3H3. The number of benzene rings is 2. The number of carbonyl (C=O) groups is 1. The number of nitrogens with zero attached hydrogens (tertiary/aromatic N) is 3. The first-order chi connectivity index (χ1) is 14.3. The van der Waals surface area contributed by atoms with Gasteiger partial charge in [-0.2, -0.15) is 0 Å². The maximum absolute atomic E-state index is 14.3. The molecule has 3 aromatic rings. The molecule has 1 heterocycles. The van der Waals surface area contributed by atoms with Gasteiger partial charge < -0.3 is 9.47 Å². The number of aryl methyl sites for hydroxylation is 1. The second kappa shape index (κ2) is 9.56. The van der Waals surface area contributed by atoms with Crippen molar-refractivity contribution < 1.29 is 13.6 Å². The SMILES string of the molecule is CCCn1c(CN(CCC(C)C)C(=O)c2c(F)cccc2F)nc2ccc(Cl)cc21. The predicted octanol–water partition coefficient (Wildman–Crippen LogP) is 6.07. The van der Waals surface area contributed by atoms with Crippen LogP contribution in [0.25, 0.3) is 11.0 Å². The summed E-state index contributed by atoms with van der Waals surface area (Å²) in [5.74, 6) is -1.38. The van der Waals surface area contributed by atoms with E-state index >= 15 is 0 Å². The summed E-state index contributed by atoms with van der Waals surface area (Å²) < 4.78 is 30.6. The van der Waals surface area contributed by atoms with Crippen LogP contribution in [0.15, 0.2) is 36.4 Å². The number of fused-ring (bicyclic) bond motifs is 1. The minimum Gasteiger partial charge on any atom is -0.331 e. The van der Waals surface area contributed by atoms with E-state index in [-0.39, 0.29) is 6.54 Å². The van der Waals surface area contributed by atoms with E-state index in [9.17, 15) is 13.6 Å². The van der Waals surface area contributed by atoms with Crippen molar-refractivity contribution in [2.75, 3.05) is 6.54 Å². The van der Waals surface area contributed by atoms with Crippen molar-refractivity contribution in [1.29, 1.82) is 0 Å². The van der Waals surface area contributed by atoms with E-state index in [0.29, 0.717) is 36.3 Å². The zero-order chi connectivity index (χ0) is 21.8. The normalized spacial score (nSPS) is 11.4. The van der Waals surface area contributed by atoms with Gasteiger partial charge in [0.1, 0.15) is 23.0 Å². The predicted molar refractivity (Wildman–Crippen MR) is 116 cm³/mol. The molecule has 1 amide bonds. The smallest absolute Gasteiger partial charge is 0.260 e. The van der Waals surface area contributed by atoms with Gasteiger partial charge in [0.2, 0.25) is 0 Å². The van der Waals surface area contributed by atoms with Crippen molar-refractivity contribution in [1.82, 2.24) is 14.5 Å². The van der Waals surface area contributed by atoms with Gasteiger partial charge in [-0.15, -0.1) is 0 Å². The fourth-order valence-electron chi connectivity index (χ4n) is 3.44. The van der Waals surface area contributed by atoms with Crippen LogP contribution in [-0.2, 0) is 13.1 Å². The van der Waals surface area contributed by atoms with Crippen LogP contribution in [0.5, 0.6) is 0 Å². The lowest BCUT2D eigenvalue weighted by Gasteiger charge is -2.24. The van der Waals surface area contributed by atoms with Gasteiger partial charge in [0, 0.05) is 18.1 Å². The molecule has 3 rings (SSSR count). The number of aromatic nitrogens is 2. The Kier molecular flexibility index (Phi) is 7.08. The number of rotatable bonds is 8. The average Bonchev–Trinajstić information content (AvgIpc) is 3.01. The Balaban J connectivity index is 2.01. The molecule has 0 aliphatic heterocycles. The van der Waals surface area contributed by atoms with Crippen LogP contribution >= 0.6 is 11.6 Å². The summed E-state index contributed by atoms with van der Waals surface area (Å²) in [4.78, 5) is 19.3. The van der Waals surface area contributed by atoms with Gasteiger partial charge in [0.05, 0.1) is 17.6 Å². The summed E-state index contributed by atoms with van der Waals surface area (Å²) in [6.45, 7) is 7.37. The first-order valence-corrected chi connectivity index (χ1v) is 10.6. The highest BCUT2D eigenvalue weighted by Gasteiger charge is 2.25. The molecule has 0 unspecified atom stereocenters. The summed E-state index contributed by atoms with van der Waals surface area (Å²) in [6, 6.07) is 8.91. The van der Waals surface area contributed by atoms with Crippen molar-refractivity contribution in [2.45, 2.75) is 46.7 Å². The molecule has 0 saturated heterocycles. The molecule has 30 heavy (non-hydrogen) atoms. The largest absolute Gasteiger partial charge is 0.331 e. The van der Waals surface area contributed by atoms with Crippen molar-refractivity contribution in [3.05, 3.63) is 64.4 Å². The average molecular weight is 434 g/mol. The van der Waals surface area contributed by atoms with Gasteiger partial charge in [-0.25, -0.2) is 13.8 Å². The number of hydrogen-bond acceptors (Lipinski definition) is 2. The van der Waals surface area contributed by atoms with Gasteiger partial charge in [-0.3, -0.25) is 4.79 Å². The highest BCUT2D eigenvalue weighted by molar-refractivity contribution is 6.31. The number of imidazole rings is 1. The molecule has 7 heteroatoms. The molecule has 2 aromatic carbocycles. The topological polar surface area (TPSA) is 38.1 Å². The maximum atomic E-state index is 14.3. The van der Waals surface area contributed by atoms with E-state index in [1.165, 1.54) is 11.0 Å². The molecule has 0 aliphatic rings. The third-order valence-corrected chi connectivity index (χ3v) is 5.24. The highest BCUT2D eigenvalue weighted by atomic mass is 35.5. The van der Waals surface area contributed by atoms with Crippen LogP contribution in [0, 0.1) is 17.6 Å². The number of hydrogen-bond donors (Lipinski definition) is 0. The monoisotopic (exact) mass is 433 g/mol. The summed E-state index contributed by atoms with van der Waals surface area (Å²) in [5, 5.41) is 0.604. The Morgan fingerprint density at radius 3 is 2.53 bits per heavy atom. The molecule has 0 bridgehead atoms. The lowest BCUT2D eigenvalue weighted by Crippen LogP contribution is -2.34. The lowest BCUT2D eigenvalue weighted by molar-refractivity contribution is 0.0719. The zero-order valence-corrected chi connectivity index (χ0v) is 18.2. The summed E-state index contributed by atoms with van der Waals surface area (Å²) >= 11 is 6.17. The van der Waals surface area contributed by atoms with Crippen LogP contribution in [-0.4, -0.2) is 26.9 Å². The second-order valence-corrected chi connectivity index (χ2v) is 8.26. The minimum atomic E-state index is -0.858. The Hall–Kier alpha value is -2.47. The molecule has 4 nitrogen and oxygen atoms in total. The summed E-state index contributed by atoms with van der Waals surface area (Å²) in [5.41, 5.74) is 1.13. The Morgan fingerprint density at radius 1 is 1.20 bits per heavy atom. The van der Waals surface area contributed by atoms with E-state index in [2.05, 4.69) is 11.9 Å². The number of amides is 1. The molecule has 0 N–H and O–H groups in total. The van der Waals surface area contributed by atoms with Crippen molar-refractivity contribution in [3.63, 3.8) is 0 Å². The third-order valence-electron chi connectivity index (χ3n) is 5.01. The fourth-order valence-corrected chi connectivity index (χ4v) is 3.60. The van der Waals surface area contributed by atoms with Crippen LogP contribution in [0.3, 0.4) is 0 Å². The number of carbonyl (C=O) groups excluding carboxylic acids is 1. The van der Waals surface area contributed by atoms with Gasteiger partial charge in [0.25, 0.3) is 5.91 Å². The number of halogens is 3. The van der Waals surface area contributed by atoms with Gasteiger partial charge in [-0.1, -0.05) is 38.4 Å². The summed E-state index contributed by atoms with van der Waals surface area (Å²) in [7, 11) is 0. The third kappa shape index (κ3) is 4.81. The van der Waals surface area contributed by atoms with E-state index < -0.39 is 23.1 Å². The van der Waals surface area contributed by atoms with E-state index in [4.69, 9.17) is 11.6 Å². The molecule has 0 radical (unpaired) electrons. The van der Waals surface area contributed by atoms with Crippen LogP contribution in [0.1, 0.15) is 49.8 Å².